The number of nitrogens with one attached hydrogen (secondary N) is 1. The molecule has 0 bridgehead atoms. The van der Waals surface area contributed by atoms with E-state index in [1.807, 2.05) is 44.7 Å². The zero-order chi connectivity index (χ0) is 20.5. The standard InChI is InChI=1S/C22H30N2O4/c1-14(2)19-17-9-7-6-8-15(17)10-11-24(19)20(25)18-12-16(13-27-18)23-21(26)28-22(3,4)5/h6-9,16,18-19H,1,10-13H2,2-5H3,(H,23,26)/t16?,18-,19-/m0/s1. The second-order valence-corrected chi connectivity index (χ2v) is 8.63. The summed E-state index contributed by atoms with van der Waals surface area (Å²) in [6.07, 6.45) is 0.213. The molecular formula is C22H30N2O4. The summed E-state index contributed by atoms with van der Waals surface area (Å²) in [6.45, 7) is 12.5. The monoisotopic (exact) mass is 386 g/mol. The molecule has 2 aliphatic heterocycles. The number of alkyl carbamates (subject to hydrolysis) is 1. The molecule has 1 fully saturated rings. The Bertz CT molecular complexity index is 768. The highest BCUT2D eigenvalue weighted by molar-refractivity contribution is 5.82. The van der Waals surface area contributed by atoms with E-state index < -0.39 is 17.8 Å². The van der Waals surface area contributed by atoms with Crippen LogP contribution in [0.15, 0.2) is 36.4 Å². The van der Waals surface area contributed by atoms with E-state index in [1.54, 1.807) is 0 Å². The number of amides is 2. The summed E-state index contributed by atoms with van der Waals surface area (Å²) >= 11 is 0. The van der Waals surface area contributed by atoms with Crippen LogP contribution in [-0.2, 0) is 20.7 Å². The van der Waals surface area contributed by atoms with Crippen molar-refractivity contribution in [1.82, 2.24) is 10.2 Å². The smallest absolute Gasteiger partial charge is 0.407 e. The first-order chi connectivity index (χ1) is 13.2. The van der Waals surface area contributed by atoms with Crippen LogP contribution < -0.4 is 5.32 Å². The van der Waals surface area contributed by atoms with Gasteiger partial charge in [-0.3, -0.25) is 4.79 Å². The maximum atomic E-state index is 13.2. The molecule has 0 aromatic heterocycles. The van der Waals surface area contributed by atoms with Crippen LogP contribution in [0.1, 0.15) is 51.3 Å². The zero-order valence-electron chi connectivity index (χ0n) is 17.2. The highest BCUT2D eigenvalue weighted by Crippen LogP contribution is 2.35. The fourth-order valence-corrected chi connectivity index (χ4v) is 3.89. The van der Waals surface area contributed by atoms with E-state index in [-0.39, 0.29) is 18.0 Å². The molecule has 1 aromatic carbocycles. The number of carbonyl (C=O) groups is 2. The summed E-state index contributed by atoms with van der Waals surface area (Å²) in [5.74, 6) is -0.0454. The molecule has 2 aliphatic rings. The number of carbonyl (C=O) groups excluding carboxylic acids is 2. The minimum atomic E-state index is -0.563. The SMILES string of the molecule is C=C(C)[C@H]1c2ccccc2CCN1C(=O)[C@@H]1CC(NC(=O)OC(C)(C)C)CO1. The summed E-state index contributed by atoms with van der Waals surface area (Å²) in [5, 5.41) is 2.80. The number of hydrogen-bond acceptors (Lipinski definition) is 4. The van der Waals surface area contributed by atoms with Gasteiger partial charge in [-0.2, -0.15) is 0 Å². The average Bonchev–Trinajstić information content (AvgIpc) is 3.06. The molecule has 3 atom stereocenters. The molecule has 6 heteroatoms. The molecule has 1 aromatic rings. The van der Waals surface area contributed by atoms with Crippen molar-refractivity contribution in [2.45, 2.75) is 64.3 Å². The third kappa shape index (κ3) is 4.55. The highest BCUT2D eigenvalue weighted by atomic mass is 16.6. The third-order valence-corrected chi connectivity index (χ3v) is 5.03. The van der Waals surface area contributed by atoms with Crippen LogP contribution in [0, 0.1) is 0 Å². The fraction of sp³-hybridized carbons (Fsp3) is 0.545. The van der Waals surface area contributed by atoms with Crippen LogP contribution in [0.5, 0.6) is 0 Å². The maximum absolute atomic E-state index is 13.2. The second kappa shape index (κ2) is 7.95. The van der Waals surface area contributed by atoms with E-state index in [9.17, 15) is 9.59 Å². The van der Waals surface area contributed by atoms with Gasteiger partial charge in [-0.25, -0.2) is 4.79 Å². The Kier molecular flexibility index (Phi) is 5.79. The molecule has 0 spiro atoms. The number of hydrogen-bond donors (Lipinski definition) is 1. The van der Waals surface area contributed by atoms with E-state index in [2.05, 4.69) is 24.0 Å². The summed E-state index contributed by atoms with van der Waals surface area (Å²) in [6, 6.07) is 7.83. The molecule has 28 heavy (non-hydrogen) atoms. The lowest BCUT2D eigenvalue weighted by atomic mass is 9.88. The Morgan fingerprint density at radius 3 is 2.68 bits per heavy atom. The number of benzene rings is 1. The zero-order valence-corrected chi connectivity index (χ0v) is 17.2. The van der Waals surface area contributed by atoms with Crippen LogP contribution in [-0.4, -0.2) is 47.8 Å². The van der Waals surface area contributed by atoms with E-state index in [0.717, 1.165) is 17.6 Å². The summed E-state index contributed by atoms with van der Waals surface area (Å²) in [4.78, 5) is 27.0. The van der Waals surface area contributed by atoms with E-state index >= 15 is 0 Å². The lowest BCUT2D eigenvalue weighted by Crippen LogP contribution is -2.46. The number of rotatable bonds is 3. The van der Waals surface area contributed by atoms with Gasteiger partial charge in [0.15, 0.2) is 0 Å². The molecule has 1 unspecified atom stereocenters. The Labute approximate surface area is 166 Å². The van der Waals surface area contributed by atoms with Gasteiger partial charge in [0.05, 0.1) is 18.7 Å². The van der Waals surface area contributed by atoms with Gasteiger partial charge in [-0.15, -0.1) is 0 Å². The van der Waals surface area contributed by atoms with E-state index in [4.69, 9.17) is 9.47 Å². The number of ether oxygens (including phenoxy) is 2. The first kappa shape index (κ1) is 20.4. The first-order valence-electron chi connectivity index (χ1n) is 9.80. The highest BCUT2D eigenvalue weighted by Gasteiger charge is 2.39. The Hall–Kier alpha value is -2.34. The minimum absolute atomic E-state index is 0.0454. The molecule has 1 N–H and O–H groups in total. The Morgan fingerprint density at radius 1 is 1.29 bits per heavy atom. The van der Waals surface area contributed by atoms with Gasteiger partial charge >= 0.3 is 6.09 Å². The molecule has 0 saturated carbocycles. The van der Waals surface area contributed by atoms with Gasteiger partial charge in [0, 0.05) is 13.0 Å². The largest absolute Gasteiger partial charge is 0.444 e. The summed E-state index contributed by atoms with van der Waals surface area (Å²) < 4.78 is 11.0. The van der Waals surface area contributed by atoms with Crippen LogP contribution in [0.25, 0.3) is 0 Å². The first-order valence-corrected chi connectivity index (χ1v) is 9.80. The van der Waals surface area contributed by atoms with Crippen LogP contribution in [0.4, 0.5) is 4.79 Å². The molecule has 1 saturated heterocycles. The molecule has 2 heterocycles. The predicted molar refractivity (Wildman–Crippen MR) is 107 cm³/mol. The second-order valence-electron chi connectivity index (χ2n) is 8.63. The van der Waals surface area contributed by atoms with E-state index in [1.165, 1.54) is 5.56 Å². The molecule has 3 rings (SSSR count). The van der Waals surface area contributed by atoms with Crippen LogP contribution in [0.3, 0.4) is 0 Å². The molecule has 0 aliphatic carbocycles. The van der Waals surface area contributed by atoms with Gasteiger partial charge in [0.2, 0.25) is 0 Å². The van der Waals surface area contributed by atoms with Crippen molar-refractivity contribution in [3.8, 4) is 0 Å². The lowest BCUT2D eigenvalue weighted by molar-refractivity contribution is -0.143. The van der Waals surface area contributed by atoms with Gasteiger partial charge < -0.3 is 19.7 Å². The van der Waals surface area contributed by atoms with Crippen molar-refractivity contribution in [1.29, 1.82) is 0 Å². The normalized spacial score (nSPS) is 24.4. The summed E-state index contributed by atoms with van der Waals surface area (Å²) in [5.41, 5.74) is 2.77. The quantitative estimate of drug-likeness (QED) is 0.809. The molecule has 2 amide bonds. The lowest BCUT2D eigenvalue weighted by Gasteiger charge is -2.39. The van der Waals surface area contributed by atoms with E-state index in [0.29, 0.717) is 19.6 Å². The van der Waals surface area contributed by atoms with Gasteiger partial charge in [-0.1, -0.05) is 36.4 Å². The molecular weight excluding hydrogens is 356 g/mol. The molecule has 152 valence electrons. The van der Waals surface area contributed by atoms with Crippen molar-refractivity contribution < 1.29 is 19.1 Å². The van der Waals surface area contributed by atoms with Crippen molar-refractivity contribution in [3.05, 3.63) is 47.5 Å². The molecule has 6 nitrogen and oxygen atoms in total. The number of nitrogens with zero attached hydrogens (tertiary/aromatic N) is 1. The third-order valence-electron chi connectivity index (χ3n) is 5.03. The minimum Gasteiger partial charge on any atom is -0.444 e. The van der Waals surface area contributed by atoms with Crippen LogP contribution in [0.2, 0.25) is 0 Å². The van der Waals surface area contributed by atoms with Gasteiger partial charge in [0.25, 0.3) is 5.91 Å². The Morgan fingerprint density at radius 2 is 2.00 bits per heavy atom. The van der Waals surface area contributed by atoms with Crippen molar-refractivity contribution in [2.24, 2.45) is 0 Å². The average molecular weight is 386 g/mol. The Balaban J connectivity index is 1.66. The summed E-state index contributed by atoms with van der Waals surface area (Å²) in [7, 11) is 0. The topological polar surface area (TPSA) is 67.9 Å². The maximum Gasteiger partial charge on any atom is 0.407 e. The number of fused-ring (bicyclic) bond motifs is 1. The van der Waals surface area contributed by atoms with Crippen molar-refractivity contribution in [3.63, 3.8) is 0 Å². The van der Waals surface area contributed by atoms with Gasteiger partial charge in [-0.05, 0) is 45.2 Å². The van der Waals surface area contributed by atoms with Crippen LogP contribution >= 0.6 is 0 Å². The predicted octanol–water partition coefficient (Wildman–Crippen LogP) is 3.37. The van der Waals surface area contributed by atoms with Gasteiger partial charge in [0.1, 0.15) is 11.7 Å². The van der Waals surface area contributed by atoms with Crippen molar-refractivity contribution >= 4 is 12.0 Å². The molecule has 0 radical (unpaired) electrons. The fourth-order valence-electron chi connectivity index (χ4n) is 3.89. The van der Waals surface area contributed by atoms with Crippen molar-refractivity contribution in [2.75, 3.05) is 13.2 Å².